The number of benzene rings is 1. The summed E-state index contributed by atoms with van der Waals surface area (Å²) in [4.78, 5) is 16.3. The van der Waals surface area contributed by atoms with Crippen LogP contribution in [0.15, 0.2) is 47.5 Å². The van der Waals surface area contributed by atoms with Crippen LogP contribution in [0, 0.1) is 0 Å². The Kier molecular flexibility index (Phi) is 6.95. The van der Waals surface area contributed by atoms with Crippen molar-refractivity contribution >= 4 is 35.1 Å². The number of rotatable bonds is 7. The van der Waals surface area contributed by atoms with Crippen LogP contribution in [0.2, 0.25) is 5.02 Å². The zero-order valence-electron chi connectivity index (χ0n) is 12.9. The van der Waals surface area contributed by atoms with Gasteiger partial charge >= 0.3 is 6.18 Å². The van der Waals surface area contributed by atoms with E-state index in [4.69, 9.17) is 11.6 Å². The predicted molar refractivity (Wildman–Crippen MR) is 92.9 cm³/mol. The second kappa shape index (κ2) is 8.96. The average Bonchev–Trinajstić information content (AvgIpc) is 2.58. The number of anilines is 1. The molecule has 0 aliphatic carbocycles. The van der Waals surface area contributed by atoms with E-state index in [2.05, 4.69) is 15.6 Å². The fraction of sp³-hybridized carbons (Fsp3) is 0.250. The van der Waals surface area contributed by atoms with Crippen LogP contribution in [0.25, 0.3) is 0 Å². The van der Waals surface area contributed by atoms with Crippen molar-refractivity contribution in [3.63, 3.8) is 0 Å². The number of thioether (sulfide) groups is 1. The molecule has 1 aromatic carbocycles. The molecule has 0 aliphatic rings. The maximum absolute atomic E-state index is 12.8. The molecule has 1 aromatic heterocycles. The number of carbonyl (C=O) groups is 1. The topological polar surface area (TPSA) is 54.0 Å². The Morgan fingerprint density at radius 3 is 2.56 bits per heavy atom. The lowest BCUT2D eigenvalue weighted by Crippen LogP contribution is -2.30. The van der Waals surface area contributed by atoms with Crippen molar-refractivity contribution < 1.29 is 18.0 Å². The SMILES string of the molecule is O=C(CSc1ccc(Cl)cc1)NCCNc1ncccc1C(F)(F)F. The Labute approximate surface area is 152 Å². The highest BCUT2D eigenvalue weighted by atomic mass is 35.5. The van der Waals surface area contributed by atoms with Crippen LogP contribution in [0.1, 0.15) is 5.56 Å². The summed E-state index contributed by atoms with van der Waals surface area (Å²) in [5.41, 5.74) is -0.834. The number of amides is 1. The van der Waals surface area contributed by atoms with Crippen molar-refractivity contribution in [2.24, 2.45) is 0 Å². The van der Waals surface area contributed by atoms with Gasteiger partial charge in [-0.3, -0.25) is 4.79 Å². The maximum Gasteiger partial charge on any atom is 0.419 e. The lowest BCUT2D eigenvalue weighted by Gasteiger charge is -2.13. The number of nitrogens with one attached hydrogen (secondary N) is 2. The number of nitrogens with zero attached hydrogens (tertiary/aromatic N) is 1. The van der Waals surface area contributed by atoms with Crippen LogP contribution in [0.5, 0.6) is 0 Å². The monoisotopic (exact) mass is 389 g/mol. The van der Waals surface area contributed by atoms with Gasteiger partial charge in [0.1, 0.15) is 5.82 Å². The van der Waals surface area contributed by atoms with Gasteiger partial charge in [-0.25, -0.2) is 4.98 Å². The normalized spacial score (nSPS) is 11.2. The van der Waals surface area contributed by atoms with E-state index in [0.29, 0.717) is 5.02 Å². The van der Waals surface area contributed by atoms with Crippen LogP contribution >= 0.6 is 23.4 Å². The number of hydrogen-bond donors (Lipinski definition) is 2. The molecule has 1 heterocycles. The lowest BCUT2D eigenvalue weighted by atomic mass is 10.2. The van der Waals surface area contributed by atoms with E-state index in [0.717, 1.165) is 11.0 Å². The molecule has 0 bridgehead atoms. The van der Waals surface area contributed by atoms with Crippen LogP contribution in [0.3, 0.4) is 0 Å². The first kappa shape index (κ1) is 19.4. The first-order chi connectivity index (χ1) is 11.9. The molecule has 0 saturated carbocycles. The minimum atomic E-state index is -4.48. The summed E-state index contributed by atoms with van der Waals surface area (Å²) in [5.74, 6) is -0.252. The van der Waals surface area contributed by atoms with E-state index in [-0.39, 0.29) is 30.6 Å². The van der Waals surface area contributed by atoms with Crippen LogP contribution in [0.4, 0.5) is 19.0 Å². The quantitative estimate of drug-likeness (QED) is 0.553. The molecule has 0 aliphatic heterocycles. The smallest absolute Gasteiger partial charge is 0.368 e. The first-order valence-corrected chi connectivity index (χ1v) is 8.64. The van der Waals surface area contributed by atoms with E-state index in [1.54, 1.807) is 12.1 Å². The van der Waals surface area contributed by atoms with Crippen LogP contribution in [-0.2, 0) is 11.0 Å². The van der Waals surface area contributed by atoms with Gasteiger partial charge in [0.25, 0.3) is 0 Å². The summed E-state index contributed by atoms with van der Waals surface area (Å²) in [6.45, 7) is 0.325. The molecule has 25 heavy (non-hydrogen) atoms. The number of halogens is 4. The zero-order chi connectivity index (χ0) is 18.3. The van der Waals surface area contributed by atoms with Gasteiger partial charge in [0, 0.05) is 29.2 Å². The number of hydrogen-bond acceptors (Lipinski definition) is 4. The van der Waals surface area contributed by atoms with Crippen molar-refractivity contribution in [1.29, 1.82) is 0 Å². The molecule has 0 atom stereocenters. The minimum absolute atomic E-state index is 0.136. The number of pyridine rings is 1. The van der Waals surface area contributed by atoms with Crippen molar-refractivity contribution in [3.05, 3.63) is 53.2 Å². The van der Waals surface area contributed by atoms with Crippen molar-refractivity contribution in [1.82, 2.24) is 10.3 Å². The summed E-state index contributed by atoms with van der Waals surface area (Å²) in [6.07, 6.45) is -3.20. The van der Waals surface area contributed by atoms with Gasteiger partial charge in [-0.15, -0.1) is 11.8 Å². The van der Waals surface area contributed by atoms with Gasteiger partial charge in [0.2, 0.25) is 5.91 Å². The van der Waals surface area contributed by atoms with E-state index < -0.39 is 11.7 Å². The number of carbonyl (C=O) groups excluding carboxylic acids is 1. The largest absolute Gasteiger partial charge is 0.419 e. The average molecular weight is 390 g/mol. The summed E-state index contributed by atoms with van der Waals surface area (Å²) >= 11 is 7.12. The summed E-state index contributed by atoms with van der Waals surface area (Å²) in [5, 5.41) is 5.84. The molecule has 0 saturated heterocycles. The predicted octanol–water partition coefficient (Wildman–Crippen LogP) is 4.07. The van der Waals surface area contributed by atoms with Crippen molar-refractivity contribution in [3.8, 4) is 0 Å². The van der Waals surface area contributed by atoms with Gasteiger partial charge in [0.15, 0.2) is 0 Å². The molecule has 2 aromatic rings. The lowest BCUT2D eigenvalue weighted by molar-refractivity contribution is -0.137. The molecule has 0 fully saturated rings. The Morgan fingerprint density at radius 1 is 1.16 bits per heavy atom. The van der Waals surface area contributed by atoms with E-state index in [9.17, 15) is 18.0 Å². The molecule has 2 N–H and O–H groups in total. The Balaban J connectivity index is 1.72. The summed E-state index contributed by atoms with van der Waals surface area (Å²) in [6, 6.07) is 9.26. The van der Waals surface area contributed by atoms with Crippen molar-refractivity contribution in [2.75, 3.05) is 24.2 Å². The van der Waals surface area contributed by atoms with Crippen LogP contribution < -0.4 is 10.6 Å². The summed E-state index contributed by atoms with van der Waals surface area (Å²) < 4.78 is 38.4. The molecule has 9 heteroatoms. The van der Waals surface area contributed by atoms with Crippen LogP contribution in [-0.4, -0.2) is 29.7 Å². The zero-order valence-corrected chi connectivity index (χ0v) is 14.5. The van der Waals surface area contributed by atoms with E-state index in [1.807, 2.05) is 12.1 Å². The van der Waals surface area contributed by atoms with E-state index >= 15 is 0 Å². The molecule has 0 radical (unpaired) electrons. The van der Waals surface area contributed by atoms with Gasteiger partial charge in [-0.2, -0.15) is 13.2 Å². The fourth-order valence-electron chi connectivity index (χ4n) is 1.89. The van der Waals surface area contributed by atoms with Gasteiger partial charge in [0.05, 0.1) is 11.3 Å². The fourth-order valence-corrected chi connectivity index (χ4v) is 2.74. The Hall–Kier alpha value is -1.93. The van der Waals surface area contributed by atoms with Gasteiger partial charge in [-0.1, -0.05) is 11.6 Å². The molecule has 134 valence electrons. The number of alkyl halides is 3. The molecule has 0 unspecified atom stereocenters. The second-order valence-electron chi connectivity index (χ2n) is 4.92. The molecule has 1 amide bonds. The van der Waals surface area contributed by atoms with E-state index in [1.165, 1.54) is 24.0 Å². The third kappa shape index (κ3) is 6.47. The van der Waals surface area contributed by atoms with Gasteiger partial charge in [-0.05, 0) is 36.4 Å². The highest BCUT2D eigenvalue weighted by Crippen LogP contribution is 2.33. The Bertz CT molecular complexity index is 711. The standard InChI is InChI=1S/C16H15ClF3N3OS/c17-11-3-5-12(6-4-11)25-10-14(24)21-8-9-23-15-13(16(18,19)20)2-1-7-22-15/h1-7H,8-10H2,(H,21,24)(H,22,23). The first-order valence-electron chi connectivity index (χ1n) is 7.27. The highest BCUT2D eigenvalue weighted by molar-refractivity contribution is 8.00. The highest BCUT2D eigenvalue weighted by Gasteiger charge is 2.33. The number of aromatic nitrogens is 1. The van der Waals surface area contributed by atoms with Gasteiger partial charge < -0.3 is 10.6 Å². The third-order valence-corrected chi connectivity index (χ3v) is 4.30. The second-order valence-corrected chi connectivity index (χ2v) is 6.40. The third-order valence-electron chi connectivity index (χ3n) is 3.04. The molecular formula is C16H15ClF3N3OS. The molecule has 0 spiro atoms. The molecule has 2 rings (SSSR count). The Morgan fingerprint density at radius 2 is 1.88 bits per heavy atom. The molecule has 4 nitrogen and oxygen atoms in total. The summed E-state index contributed by atoms with van der Waals surface area (Å²) in [7, 11) is 0. The molecular weight excluding hydrogens is 375 g/mol. The maximum atomic E-state index is 12.8. The van der Waals surface area contributed by atoms with Crippen molar-refractivity contribution in [2.45, 2.75) is 11.1 Å². The minimum Gasteiger partial charge on any atom is -0.368 e.